The molecule has 10 nitrogen and oxygen atoms in total. The zero-order valence-electron chi connectivity index (χ0n) is 20.6. The number of thioether (sulfide) groups is 1. The lowest BCUT2D eigenvalue weighted by Crippen LogP contribution is -2.46. The van der Waals surface area contributed by atoms with Crippen molar-refractivity contribution in [3.05, 3.63) is 58.8 Å². The molecule has 2 aromatic carbocycles. The van der Waals surface area contributed by atoms with Gasteiger partial charge in [0.1, 0.15) is 11.9 Å². The van der Waals surface area contributed by atoms with Crippen LogP contribution in [0.3, 0.4) is 0 Å². The fourth-order valence-electron chi connectivity index (χ4n) is 4.58. The monoisotopic (exact) mass is 539 g/mol. The number of benzene rings is 2. The Labute approximate surface area is 222 Å². The molecule has 12 heteroatoms. The van der Waals surface area contributed by atoms with Crippen LogP contribution in [0.25, 0.3) is 6.08 Å². The number of cyclic esters (lactones) is 1. The van der Waals surface area contributed by atoms with Gasteiger partial charge in [-0.2, -0.15) is 0 Å². The number of anilines is 3. The number of carbonyl (C=O) groups is 4. The van der Waals surface area contributed by atoms with Gasteiger partial charge in [-0.3, -0.25) is 24.6 Å². The van der Waals surface area contributed by atoms with E-state index in [-0.39, 0.29) is 30.1 Å². The topological polar surface area (TPSA) is 111 Å². The van der Waals surface area contributed by atoms with Crippen LogP contribution in [0.5, 0.6) is 0 Å². The number of hydrogen-bond donors (Lipinski definition) is 2. The number of imide groups is 1. The molecule has 0 radical (unpaired) electrons. The summed E-state index contributed by atoms with van der Waals surface area (Å²) in [6.45, 7) is 4.45. The van der Waals surface area contributed by atoms with E-state index in [9.17, 15) is 19.2 Å². The van der Waals surface area contributed by atoms with Crippen LogP contribution < -0.4 is 25.3 Å². The molecule has 2 aromatic rings. The number of nitrogens with one attached hydrogen (secondary N) is 2. The fraction of sp³-hybridized carbons (Fsp3) is 0.308. The van der Waals surface area contributed by atoms with Gasteiger partial charge in [0.05, 0.1) is 29.4 Å². The second-order valence-corrected chi connectivity index (χ2v) is 10.1. The average molecular weight is 540 g/mol. The summed E-state index contributed by atoms with van der Waals surface area (Å²) >= 11 is 0.887. The van der Waals surface area contributed by atoms with E-state index in [0.29, 0.717) is 42.5 Å². The molecule has 3 saturated heterocycles. The van der Waals surface area contributed by atoms with Gasteiger partial charge in [0, 0.05) is 38.8 Å². The minimum Gasteiger partial charge on any atom is -0.442 e. The van der Waals surface area contributed by atoms with Crippen LogP contribution in [0.1, 0.15) is 12.5 Å². The van der Waals surface area contributed by atoms with E-state index in [1.807, 2.05) is 29.2 Å². The third-order valence-corrected chi connectivity index (χ3v) is 7.32. The van der Waals surface area contributed by atoms with Gasteiger partial charge in [-0.1, -0.05) is 12.1 Å². The van der Waals surface area contributed by atoms with Gasteiger partial charge < -0.3 is 19.9 Å². The van der Waals surface area contributed by atoms with Gasteiger partial charge >= 0.3 is 6.09 Å². The molecule has 38 heavy (non-hydrogen) atoms. The van der Waals surface area contributed by atoms with E-state index < -0.39 is 18.0 Å². The maximum atomic E-state index is 15.1. The number of carbonyl (C=O) groups excluding carboxylic acids is 4. The van der Waals surface area contributed by atoms with Crippen LogP contribution in [-0.4, -0.2) is 68.5 Å². The normalized spacial score (nSPS) is 20.7. The van der Waals surface area contributed by atoms with Crippen molar-refractivity contribution in [1.29, 1.82) is 0 Å². The van der Waals surface area contributed by atoms with Crippen LogP contribution in [0.4, 0.5) is 31.0 Å². The quantitative estimate of drug-likeness (QED) is 0.539. The SMILES string of the molecule is CC(=O)NC[C@H]1CN(c2ccc(N3CCN(c4ccc(C=C5SC(=O)NC5=O)cc4)CC3)c(F)c2)C(=O)O1. The largest absolute Gasteiger partial charge is 0.442 e. The van der Waals surface area contributed by atoms with Crippen molar-refractivity contribution in [3.63, 3.8) is 0 Å². The van der Waals surface area contributed by atoms with E-state index in [2.05, 4.69) is 15.5 Å². The lowest BCUT2D eigenvalue weighted by atomic mass is 10.1. The molecule has 198 valence electrons. The van der Waals surface area contributed by atoms with Gasteiger partial charge in [0.2, 0.25) is 5.91 Å². The second kappa shape index (κ2) is 10.7. The van der Waals surface area contributed by atoms with Gasteiger partial charge in [0.25, 0.3) is 11.1 Å². The highest BCUT2D eigenvalue weighted by Crippen LogP contribution is 2.30. The molecule has 0 aromatic heterocycles. The number of rotatable bonds is 6. The number of piperazine rings is 1. The molecule has 0 bridgehead atoms. The number of amides is 4. The van der Waals surface area contributed by atoms with Crippen molar-refractivity contribution in [3.8, 4) is 0 Å². The van der Waals surface area contributed by atoms with Crippen LogP contribution in [-0.2, 0) is 14.3 Å². The third kappa shape index (κ3) is 5.59. The number of halogens is 1. The van der Waals surface area contributed by atoms with Crippen molar-refractivity contribution < 1.29 is 28.3 Å². The fourth-order valence-corrected chi connectivity index (χ4v) is 5.26. The smallest absolute Gasteiger partial charge is 0.414 e. The zero-order chi connectivity index (χ0) is 26.8. The van der Waals surface area contributed by atoms with Crippen molar-refractivity contribution >= 4 is 58.0 Å². The molecule has 3 heterocycles. The molecule has 3 aliphatic heterocycles. The maximum Gasteiger partial charge on any atom is 0.414 e. The molecule has 0 spiro atoms. The maximum absolute atomic E-state index is 15.1. The van der Waals surface area contributed by atoms with E-state index >= 15 is 4.39 Å². The Kier molecular flexibility index (Phi) is 7.23. The van der Waals surface area contributed by atoms with E-state index in [1.165, 1.54) is 17.9 Å². The summed E-state index contributed by atoms with van der Waals surface area (Å²) in [5.41, 5.74) is 2.72. The summed E-state index contributed by atoms with van der Waals surface area (Å²) in [6.07, 6.45) is 0.629. The number of hydrogen-bond acceptors (Lipinski definition) is 8. The summed E-state index contributed by atoms with van der Waals surface area (Å²) in [4.78, 5) is 52.3. The highest BCUT2D eigenvalue weighted by Gasteiger charge is 2.33. The Balaban J connectivity index is 1.18. The minimum absolute atomic E-state index is 0.208. The first-order chi connectivity index (χ1) is 18.3. The highest BCUT2D eigenvalue weighted by molar-refractivity contribution is 8.18. The summed E-state index contributed by atoms with van der Waals surface area (Å²) in [7, 11) is 0. The van der Waals surface area contributed by atoms with Crippen molar-refractivity contribution in [2.45, 2.75) is 13.0 Å². The molecular weight excluding hydrogens is 513 g/mol. The Morgan fingerprint density at radius 3 is 2.39 bits per heavy atom. The van der Waals surface area contributed by atoms with Crippen LogP contribution in [0.15, 0.2) is 47.4 Å². The highest BCUT2D eigenvalue weighted by atomic mass is 32.2. The van der Waals surface area contributed by atoms with Crippen LogP contribution >= 0.6 is 11.8 Å². The average Bonchev–Trinajstić information content (AvgIpc) is 3.43. The van der Waals surface area contributed by atoms with E-state index in [4.69, 9.17) is 4.74 Å². The molecule has 2 N–H and O–H groups in total. The van der Waals surface area contributed by atoms with Gasteiger partial charge in [-0.25, -0.2) is 9.18 Å². The minimum atomic E-state index is -0.568. The molecule has 0 saturated carbocycles. The van der Waals surface area contributed by atoms with Gasteiger partial charge in [0.15, 0.2) is 0 Å². The summed E-state index contributed by atoms with van der Waals surface area (Å²) in [6, 6.07) is 12.4. The first-order valence-corrected chi connectivity index (χ1v) is 13.0. The van der Waals surface area contributed by atoms with Crippen LogP contribution in [0.2, 0.25) is 0 Å². The zero-order valence-corrected chi connectivity index (χ0v) is 21.4. The lowest BCUT2D eigenvalue weighted by Gasteiger charge is -2.37. The lowest BCUT2D eigenvalue weighted by molar-refractivity contribution is -0.119. The molecule has 4 amide bonds. The Hall–Kier alpha value is -4.06. The number of ether oxygens (including phenoxy) is 1. The standard InChI is InChI=1S/C26H26FN5O5S/c1-16(33)28-14-20-15-32(26(36)37-20)19-6-7-22(21(27)13-19)31-10-8-30(9-11-31)18-4-2-17(3-5-18)12-23-24(34)29-25(35)38-23/h2-7,12-13,20H,8-11,14-15H2,1H3,(H,28,33)(H,29,34,35)/t20-/m0/s1. The molecule has 1 atom stereocenters. The molecule has 5 rings (SSSR count). The Morgan fingerprint density at radius 2 is 1.76 bits per heavy atom. The predicted octanol–water partition coefficient (Wildman–Crippen LogP) is 2.94. The second-order valence-electron chi connectivity index (χ2n) is 9.11. The predicted molar refractivity (Wildman–Crippen MR) is 143 cm³/mol. The molecule has 3 fully saturated rings. The van der Waals surface area contributed by atoms with Crippen molar-refractivity contribution in [2.75, 3.05) is 54.0 Å². The first kappa shape index (κ1) is 25.6. The molecule has 0 aliphatic carbocycles. The first-order valence-electron chi connectivity index (χ1n) is 12.1. The van der Waals surface area contributed by atoms with Crippen molar-refractivity contribution in [1.82, 2.24) is 10.6 Å². The van der Waals surface area contributed by atoms with Crippen LogP contribution in [0, 0.1) is 5.82 Å². The molecule has 0 unspecified atom stereocenters. The summed E-state index contributed by atoms with van der Waals surface area (Å²) in [5.74, 6) is -1.01. The Morgan fingerprint density at radius 1 is 1.08 bits per heavy atom. The van der Waals surface area contributed by atoms with E-state index in [0.717, 1.165) is 23.0 Å². The number of nitrogens with zero attached hydrogens (tertiary/aromatic N) is 3. The molecular formula is C26H26FN5O5S. The van der Waals surface area contributed by atoms with Gasteiger partial charge in [-0.15, -0.1) is 0 Å². The van der Waals surface area contributed by atoms with Crippen molar-refractivity contribution in [2.24, 2.45) is 0 Å². The third-order valence-electron chi connectivity index (χ3n) is 6.51. The van der Waals surface area contributed by atoms with Gasteiger partial charge in [-0.05, 0) is 53.7 Å². The Bertz CT molecular complexity index is 1310. The molecule has 3 aliphatic rings. The summed E-state index contributed by atoms with van der Waals surface area (Å²) < 4.78 is 20.4. The summed E-state index contributed by atoms with van der Waals surface area (Å²) in [5, 5.41) is 4.50. The van der Waals surface area contributed by atoms with E-state index in [1.54, 1.807) is 18.2 Å².